The van der Waals surface area contributed by atoms with Gasteiger partial charge >= 0.3 is 5.97 Å². The molecule has 0 unspecified atom stereocenters. The summed E-state index contributed by atoms with van der Waals surface area (Å²) in [4.78, 5) is 10.3. The average Bonchev–Trinajstić information content (AvgIpc) is 2.85. The Balaban J connectivity index is 2.88. The quantitative estimate of drug-likeness (QED) is 0.497. The van der Waals surface area contributed by atoms with Crippen LogP contribution in [0.5, 0.6) is 0 Å². The molecule has 0 aromatic carbocycles. The molecule has 1 heterocycles. The number of carboxylic acid groups (broad SMARTS) is 1. The Bertz CT molecular complexity index is 535. The van der Waals surface area contributed by atoms with Gasteiger partial charge in [-0.1, -0.05) is 0 Å². The SMILES string of the molecule is O=C(O)CCn1cc(S(=O)(=O)N(CCO)CCO)cn1. The Morgan fingerprint density at radius 1 is 1.30 bits per heavy atom. The first-order valence-electron chi connectivity index (χ1n) is 5.88. The van der Waals surface area contributed by atoms with E-state index in [1.165, 1.54) is 10.9 Å². The van der Waals surface area contributed by atoms with Crippen LogP contribution in [0.25, 0.3) is 0 Å². The number of aryl methyl sites for hydroxylation is 1. The second-order valence-corrected chi connectivity index (χ2v) is 5.87. The number of carbonyl (C=O) groups is 1. The largest absolute Gasteiger partial charge is 0.481 e. The molecule has 0 saturated carbocycles. The number of nitrogens with zero attached hydrogens (tertiary/aromatic N) is 3. The first-order valence-corrected chi connectivity index (χ1v) is 7.32. The van der Waals surface area contributed by atoms with Crippen LogP contribution in [0, 0.1) is 0 Å². The summed E-state index contributed by atoms with van der Waals surface area (Å²) in [6.45, 7) is -0.948. The third kappa shape index (κ3) is 4.27. The molecular formula is C10H17N3O6S. The van der Waals surface area contributed by atoms with Crippen molar-refractivity contribution < 1.29 is 28.5 Å². The van der Waals surface area contributed by atoms with Crippen LogP contribution in [0.3, 0.4) is 0 Å². The lowest BCUT2D eigenvalue weighted by atomic mass is 10.4. The maximum Gasteiger partial charge on any atom is 0.305 e. The van der Waals surface area contributed by atoms with E-state index in [0.29, 0.717) is 0 Å². The van der Waals surface area contributed by atoms with Gasteiger partial charge in [0.25, 0.3) is 0 Å². The van der Waals surface area contributed by atoms with Gasteiger partial charge in [-0.3, -0.25) is 9.48 Å². The van der Waals surface area contributed by atoms with Gasteiger partial charge in [-0.15, -0.1) is 0 Å². The third-order valence-electron chi connectivity index (χ3n) is 2.50. The summed E-state index contributed by atoms with van der Waals surface area (Å²) >= 11 is 0. The molecule has 0 atom stereocenters. The molecule has 0 saturated heterocycles. The van der Waals surface area contributed by atoms with E-state index in [9.17, 15) is 13.2 Å². The Morgan fingerprint density at radius 2 is 1.90 bits per heavy atom. The first-order chi connectivity index (χ1) is 9.41. The molecule has 0 fully saturated rings. The molecule has 0 aliphatic rings. The summed E-state index contributed by atoms with van der Waals surface area (Å²) in [6.07, 6.45) is 2.16. The van der Waals surface area contributed by atoms with Crippen LogP contribution in [0.2, 0.25) is 0 Å². The summed E-state index contributed by atoms with van der Waals surface area (Å²) in [6, 6.07) is 0. The van der Waals surface area contributed by atoms with Gasteiger partial charge in [-0.05, 0) is 0 Å². The van der Waals surface area contributed by atoms with E-state index in [1.54, 1.807) is 0 Å². The van der Waals surface area contributed by atoms with Crippen molar-refractivity contribution in [3.8, 4) is 0 Å². The van der Waals surface area contributed by atoms with E-state index in [1.807, 2.05) is 0 Å². The van der Waals surface area contributed by atoms with Crippen LogP contribution in [0.1, 0.15) is 6.42 Å². The number of hydrogen-bond donors (Lipinski definition) is 3. The van der Waals surface area contributed by atoms with Gasteiger partial charge < -0.3 is 15.3 Å². The summed E-state index contributed by atoms with van der Waals surface area (Å²) in [5.74, 6) is -1.01. The number of sulfonamides is 1. The zero-order valence-electron chi connectivity index (χ0n) is 10.7. The van der Waals surface area contributed by atoms with E-state index in [2.05, 4.69) is 5.10 Å². The van der Waals surface area contributed by atoms with Gasteiger partial charge in [0, 0.05) is 19.3 Å². The number of aliphatic hydroxyl groups is 2. The first kappa shape index (κ1) is 16.6. The van der Waals surface area contributed by atoms with Crippen molar-refractivity contribution in [1.82, 2.24) is 14.1 Å². The maximum atomic E-state index is 12.2. The van der Waals surface area contributed by atoms with Crippen molar-refractivity contribution in [2.45, 2.75) is 17.9 Å². The Kier molecular flexibility index (Phi) is 6.07. The van der Waals surface area contributed by atoms with E-state index in [-0.39, 0.29) is 44.2 Å². The molecule has 1 aromatic rings. The smallest absolute Gasteiger partial charge is 0.305 e. The van der Waals surface area contributed by atoms with Gasteiger partial charge in [0.05, 0.1) is 32.4 Å². The van der Waals surface area contributed by atoms with Crippen LogP contribution in [0.15, 0.2) is 17.3 Å². The predicted molar refractivity (Wildman–Crippen MR) is 67.4 cm³/mol. The molecule has 0 radical (unpaired) electrons. The Hall–Kier alpha value is -1.49. The molecule has 3 N–H and O–H groups in total. The molecule has 0 aliphatic carbocycles. The third-order valence-corrected chi connectivity index (χ3v) is 4.35. The number of aliphatic carboxylic acids is 1. The predicted octanol–water partition coefficient (Wildman–Crippen LogP) is -1.67. The Morgan fingerprint density at radius 3 is 2.40 bits per heavy atom. The van der Waals surface area contributed by atoms with Crippen LogP contribution in [-0.2, 0) is 21.4 Å². The lowest BCUT2D eigenvalue weighted by Crippen LogP contribution is -2.35. The van der Waals surface area contributed by atoms with Crippen LogP contribution < -0.4 is 0 Å². The van der Waals surface area contributed by atoms with E-state index in [0.717, 1.165) is 10.5 Å². The molecular weight excluding hydrogens is 290 g/mol. The number of hydrogen-bond acceptors (Lipinski definition) is 6. The number of aliphatic hydroxyl groups excluding tert-OH is 2. The highest BCUT2D eigenvalue weighted by atomic mass is 32.2. The molecule has 9 nitrogen and oxygen atoms in total. The average molecular weight is 307 g/mol. The lowest BCUT2D eigenvalue weighted by molar-refractivity contribution is -0.137. The zero-order chi connectivity index (χ0) is 15.2. The van der Waals surface area contributed by atoms with Gasteiger partial charge in [0.1, 0.15) is 4.90 Å². The number of rotatable bonds is 9. The highest BCUT2D eigenvalue weighted by molar-refractivity contribution is 7.89. The molecule has 0 spiro atoms. The summed E-state index contributed by atoms with van der Waals surface area (Å²) in [5.41, 5.74) is 0. The highest BCUT2D eigenvalue weighted by Crippen LogP contribution is 2.14. The molecule has 114 valence electrons. The van der Waals surface area contributed by atoms with Gasteiger partial charge in [-0.25, -0.2) is 8.42 Å². The van der Waals surface area contributed by atoms with E-state index in [4.69, 9.17) is 15.3 Å². The lowest BCUT2D eigenvalue weighted by Gasteiger charge is -2.18. The highest BCUT2D eigenvalue weighted by Gasteiger charge is 2.25. The van der Waals surface area contributed by atoms with Crippen molar-refractivity contribution in [2.24, 2.45) is 0 Å². The van der Waals surface area contributed by atoms with Gasteiger partial charge in [0.2, 0.25) is 10.0 Å². The molecule has 0 bridgehead atoms. The standard InChI is InChI=1S/C10H17N3O6S/c14-5-3-13(4-6-15)20(18,19)9-7-11-12(8-9)2-1-10(16)17/h7-8,14-15H,1-6H2,(H,16,17). The summed E-state index contributed by atoms with van der Waals surface area (Å²) < 4.78 is 26.6. The molecule has 10 heteroatoms. The van der Waals surface area contributed by atoms with Crippen molar-refractivity contribution in [1.29, 1.82) is 0 Å². The summed E-state index contributed by atoms with van der Waals surface area (Å²) in [7, 11) is -3.86. The maximum absolute atomic E-state index is 12.2. The van der Waals surface area contributed by atoms with Crippen LogP contribution in [-0.4, -0.2) is 70.1 Å². The Labute approximate surface area is 116 Å². The monoisotopic (exact) mass is 307 g/mol. The van der Waals surface area contributed by atoms with Crippen molar-refractivity contribution in [3.05, 3.63) is 12.4 Å². The minimum absolute atomic E-state index is 0.0604. The van der Waals surface area contributed by atoms with Crippen molar-refractivity contribution >= 4 is 16.0 Å². The topological polar surface area (TPSA) is 133 Å². The van der Waals surface area contributed by atoms with Crippen LogP contribution in [0.4, 0.5) is 0 Å². The van der Waals surface area contributed by atoms with Crippen LogP contribution >= 0.6 is 0 Å². The number of aromatic nitrogens is 2. The second-order valence-electron chi connectivity index (χ2n) is 3.93. The zero-order valence-corrected chi connectivity index (χ0v) is 11.5. The van der Waals surface area contributed by atoms with Crippen molar-refractivity contribution in [3.63, 3.8) is 0 Å². The summed E-state index contributed by atoms with van der Waals surface area (Å²) in [5, 5.41) is 30.0. The molecule has 1 rings (SSSR count). The fourth-order valence-corrected chi connectivity index (χ4v) is 2.91. The fourth-order valence-electron chi connectivity index (χ4n) is 1.53. The molecule has 1 aromatic heterocycles. The van der Waals surface area contributed by atoms with Crippen molar-refractivity contribution in [2.75, 3.05) is 26.3 Å². The number of carboxylic acids is 1. The normalized spacial score (nSPS) is 11.9. The van der Waals surface area contributed by atoms with Gasteiger partial charge in [0.15, 0.2) is 0 Å². The molecule has 0 aliphatic heterocycles. The molecule has 0 amide bonds. The minimum atomic E-state index is -3.86. The van der Waals surface area contributed by atoms with Gasteiger partial charge in [-0.2, -0.15) is 9.40 Å². The molecule has 20 heavy (non-hydrogen) atoms. The van der Waals surface area contributed by atoms with E-state index < -0.39 is 16.0 Å². The minimum Gasteiger partial charge on any atom is -0.481 e. The fraction of sp³-hybridized carbons (Fsp3) is 0.600. The van der Waals surface area contributed by atoms with E-state index >= 15 is 0 Å². The second kappa shape index (κ2) is 7.33.